The van der Waals surface area contributed by atoms with E-state index in [0.717, 1.165) is 6.07 Å². The van der Waals surface area contributed by atoms with Crippen molar-refractivity contribution >= 4 is 17.7 Å². The van der Waals surface area contributed by atoms with Gasteiger partial charge < -0.3 is 20.1 Å². The monoisotopic (exact) mass is 286 g/mol. The number of halogens is 2. The molecule has 1 heterocycles. The fourth-order valence-electron chi connectivity index (χ4n) is 1.77. The molecule has 2 N–H and O–H groups in total. The number of benzene rings is 1. The second-order valence-corrected chi connectivity index (χ2v) is 4.15. The number of hydrogen-bond donors (Lipinski definition) is 2. The number of hydrogen-bond acceptors (Lipinski definition) is 3. The molecule has 1 aromatic rings. The lowest BCUT2D eigenvalue weighted by atomic mass is 10.2. The third-order valence-corrected chi connectivity index (χ3v) is 2.83. The minimum Gasteiger partial charge on any atom is -0.478 e. The predicted molar refractivity (Wildman–Crippen MR) is 64.7 cm³/mol. The van der Waals surface area contributed by atoms with Gasteiger partial charge in [-0.25, -0.2) is 18.4 Å². The highest BCUT2D eigenvalue weighted by Crippen LogP contribution is 2.20. The van der Waals surface area contributed by atoms with Crippen molar-refractivity contribution in [3.05, 3.63) is 29.3 Å². The lowest BCUT2D eigenvalue weighted by Crippen LogP contribution is -2.43. The van der Waals surface area contributed by atoms with Crippen molar-refractivity contribution in [1.82, 2.24) is 4.90 Å². The molecule has 0 aromatic heterocycles. The van der Waals surface area contributed by atoms with Crippen molar-refractivity contribution in [2.45, 2.75) is 0 Å². The van der Waals surface area contributed by atoms with Gasteiger partial charge >= 0.3 is 12.0 Å². The molecular formula is C12H12F2N2O4. The van der Waals surface area contributed by atoms with Crippen molar-refractivity contribution in [2.24, 2.45) is 0 Å². The molecule has 0 atom stereocenters. The number of carbonyl (C=O) groups excluding carboxylic acids is 1. The number of carboxylic acid groups (broad SMARTS) is 1. The SMILES string of the molecule is O=C(O)c1cc(NC(=O)N2CCOCC2)c(F)cc1F. The Hall–Kier alpha value is -2.22. The first-order chi connectivity index (χ1) is 9.49. The van der Waals surface area contributed by atoms with E-state index in [1.54, 1.807) is 0 Å². The third-order valence-electron chi connectivity index (χ3n) is 2.83. The third kappa shape index (κ3) is 3.02. The van der Waals surface area contributed by atoms with Gasteiger partial charge in [-0.3, -0.25) is 0 Å². The van der Waals surface area contributed by atoms with Crippen LogP contribution >= 0.6 is 0 Å². The molecule has 6 nitrogen and oxygen atoms in total. The molecule has 1 fully saturated rings. The molecule has 0 bridgehead atoms. The number of ether oxygens (including phenoxy) is 1. The number of carbonyl (C=O) groups is 2. The Bertz CT molecular complexity index is 545. The second-order valence-electron chi connectivity index (χ2n) is 4.15. The molecule has 1 aliphatic heterocycles. The van der Waals surface area contributed by atoms with E-state index in [2.05, 4.69) is 5.32 Å². The first kappa shape index (κ1) is 14.2. The maximum atomic E-state index is 13.5. The lowest BCUT2D eigenvalue weighted by molar-refractivity contribution is 0.0564. The van der Waals surface area contributed by atoms with Crippen LogP contribution in [0.5, 0.6) is 0 Å². The fourth-order valence-corrected chi connectivity index (χ4v) is 1.77. The maximum Gasteiger partial charge on any atom is 0.338 e. The van der Waals surface area contributed by atoms with E-state index < -0.39 is 29.2 Å². The average Bonchev–Trinajstić information content (AvgIpc) is 2.42. The van der Waals surface area contributed by atoms with Crippen LogP contribution in [0.3, 0.4) is 0 Å². The minimum atomic E-state index is -1.54. The molecule has 1 aliphatic rings. The van der Waals surface area contributed by atoms with Crippen LogP contribution in [0.1, 0.15) is 10.4 Å². The van der Waals surface area contributed by atoms with Crippen LogP contribution in [0.15, 0.2) is 12.1 Å². The fraction of sp³-hybridized carbons (Fsp3) is 0.333. The van der Waals surface area contributed by atoms with Gasteiger partial charge in [0.25, 0.3) is 0 Å². The summed E-state index contributed by atoms with van der Waals surface area (Å²) in [7, 11) is 0. The zero-order chi connectivity index (χ0) is 14.7. The van der Waals surface area contributed by atoms with Crippen LogP contribution in [-0.2, 0) is 4.74 Å². The molecule has 0 unspecified atom stereocenters. The molecule has 1 saturated heterocycles. The zero-order valence-electron chi connectivity index (χ0n) is 10.4. The molecular weight excluding hydrogens is 274 g/mol. The molecule has 1 aromatic carbocycles. The molecule has 0 saturated carbocycles. The Balaban J connectivity index is 2.18. The topological polar surface area (TPSA) is 78.9 Å². The molecule has 2 rings (SSSR count). The van der Waals surface area contributed by atoms with Crippen LogP contribution in [0, 0.1) is 11.6 Å². The summed E-state index contributed by atoms with van der Waals surface area (Å²) >= 11 is 0. The van der Waals surface area contributed by atoms with Crippen molar-refractivity contribution in [3.63, 3.8) is 0 Å². The smallest absolute Gasteiger partial charge is 0.338 e. The van der Waals surface area contributed by atoms with Crippen molar-refractivity contribution in [3.8, 4) is 0 Å². The summed E-state index contributed by atoms with van der Waals surface area (Å²) in [6.45, 7) is 1.44. The summed E-state index contributed by atoms with van der Waals surface area (Å²) in [5.41, 5.74) is -1.08. The van der Waals surface area contributed by atoms with Crippen molar-refractivity contribution in [1.29, 1.82) is 0 Å². The van der Waals surface area contributed by atoms with Gasteiger partial charge in [-0.05, 0) is 6.07 Å². The first-order valence-corrected chi connectivity index (χ1v) is 5.85. The lowest BCUT2D eigenvalue weighted by Gasteiger charge is -2.27. The Labute approximate surface area is 112 Å². The van der Waals surface area contributed by atoms with E-state index in [0.29, 0.717) is 32.4 Å². The minimum absolute atomic E-state index is 0.348. The van der Waals surface area contributed by atoms with Crippen LogP contribution in [-0.4, -0.2) is 48.3 Å². The predicted octanol–water partition coefficient (Wildman–Crippen LogP) is 1.53. The highest BCUT2D eigenvalue weighted by atomic mass is 19.1. The summed E-state index contributed by atoms with van der Waals surface area (Å²) in [6.07, 6.45) is 0. The van der Waals surface area contributed by atoms with Gasteiger partial charge in [0.15, 0.2) is 0 Å². The molecule has 108 valence electrons. The van der Waals surface area contributed by atoms with Gasteiger partial charge in [0.05, 0.1) is 24.5 Å². The van der Waals surface area contributed by atoms with Gasteiger partial charge in [0.1, 0.15) is 11.6 Å². The number of carboxylic acids is 1. The van der Waals surface area contributed by atoms with Gasteiger partial charge in [-0.15, -0.1) is 0 Å². The van der Waals surface area contributed by atoms with E-state index >= 15 is 0 Å². The maximum absolute atomic E-state index is 13.5. The van der Waals surface area contributed by atoms with Gasteiger partial charge in [0, 0.05) is 19.2 Å². The van der Waals surface area contributed by atoms with Gasteiger partial charge in [-0.2, -0.15) is 0 Å². The molecule has 2 amide bonds. The summed E-state index contributed by atoms with van der Waals surface area (Å²) in [4.78, 5) is 24.0. The molecule has 20 heavy (non-hydrogen) atoms. The summed E-state index contributed by atoms with van der Waals surface area (Å²) < 4.78 is 31.8. The number of morpholine rings is 1. The van der Waals surface area contributed by atoms with E-state index in [-0.39, 0.29) is 5.69 Å². The highest BCUT2D eigenvalue weighted by molar-refractivity contribution is 5.93. The summed E-state index contributed by atoms with van der Waals surface area (Å²) in [6, 6.07) is 0.596. The number of nitrogens with zero attached hydrogens (tertiary/aromatic N) is 1. The average molecular weight is 286 g/mol. The summed E-state index contributed by atoms with van der Waals surface area (Å²) in [5, 5.41) is 11.0. The number of urea groups is 1. The Morgan fingerprint density at radius 2 is 1.85 bits per heavy atom. The molecule has 0 spiro atoms. The molecule has 8 heteroatoms. The Morgan fingerprint density at radius 3 is 2.45 bits per heavy atom. The zero-order valence-corrected chi connectivity index (χ0v) is 10.4. The highest BCUT2D eigenvalue weighted by Gasteiger charge is 2.20. The second kappa shape index (κ2) is 5.83. The Kier molecular flexibility index (Phi) is 4.14. The number of rotatable bonds is 2. The van der Waals surface area contributed by atoms with Crippen LogP contribution in [0.25, 0.3) is 0 Å². The van der Waals surface area contributed by atoms with Crippen LogP contribution in [0.4, 0.5) is 19.3 Å². The first-order valence-electron chi connectivity index (χ1n) is 5.85. The Morgan fingerprint density at radius 1 is 1.20 bits per heavy atom. The van der Waals surface area contributed by atoms with Crippen LogP contribution in [0.2, 0.25) is 0 Å². The number of aromatic carboxylic acids is 1. The van der Waals surface area contributed by atoms with Crippen molar-refractivity contribution < 1.29 is 28.2 Å². The largest absolute Gasteiger partial charge is 0.478 e. The number of anilines is 1. The van der Waals surface area contributed by atoms with E-state index in [4.69, 9.17) is 9.84 Å². The normalized spacial score (nSPS) is 15.0. The van der Waals surface area contributed by atoms with Crippen molar-refractivity contribution in [2.75, 3.05) is 31.6 Å². The quantitative estimate of drug-likeness (QED) is 0.864. The number of amides is 2. The van der Waals surface area contributed by atoms with Gasteiger partial charge in [0.2, 0.25) is 0 Å². The van der Waals surface area contributed by atoms with E-state index in [9.17, 15) is 18.4 Å². The van der Waals surface area contributed by atoms with Gasteiger partial charge in [-0.1, -0.05) is 0 Å². The molecule has 0 radical (unpaired) electrons. The molecule has 0 aliphatic carbocycles. The van der Waals surface area contributed by atoms with E-state index in [1.165, 1.54) is 4.90 Å². The van der Waals surface area contributed by atoms with E-state index in [1.807, 2.05) is 0 Å². The number of nitrogens with one attached hydrogen (secondary N) is 1. The summed E-state index contributed by atoms with van der Waals surface area (Å²) in [5.74, 6) is -3.77. The standard InChI is InChI=1S/C12H12F2N2O4/c13-8-6-9(14)10(5-7(8)11(17)18)15-12(19)16-1-3-20-4-2-16/h5-6H,1-4H2,(H,15,19)(H,17,18). The van der Waals surface area contributed by atoms with Crippen LogP contribution < -0.4 is 5.32 Å².